The van der Waals surface area contributed by atoms with Gasteiger partial charge in [0.05, 0.1) is 17.1 Å². The molecule has 1 amide bonds. The lowest BCUT2D eigenvalue weighted by Crippen LogP contribution is -2.44. The molecule has 0 saturated carbocycles. The number of carbonyl (C=O) groups excluding carboxylic acids is 1. The maximum atomic E-state index is 12.0. The average Bonchev–Trinajstić information content (AvgIpc) is 2.56. The number of hydrogen-bond donors (Lipinski definition) is 1. The van der Waals surface area contributed by atoms with Crippen molar-refractivity contribution in [3.63, 3.8) is 0 Å². The van der Waals surface area contributed by atoms with Crippen LogP contribution < -0.4 is 5.32 Å². The summed E-state index contributed by atoms with van der Waals surface area (Å²) in [6.07, 6.45) is 5.46. The molecule has 0 saturated heterocycles. The summed E-state index contributed by atoms with van der Waals surface area (Å²) in [5, 5.41) is 3.91. The van der Waals surface area contributed by atoms with Gasteiger partial charge >= 0.3 is 0 Å². The Bertz CT molecular complexity index is 523. The SMILES string of the molecule is C#CC(C)(C)N(C)CC(=O)Nc1sc(C)c(C)c1C. The van der Waals surface area contributed by atoms with Crippen molar-refractivity contribution in [3.05, 3.63) is 16.0 Å². The first kappa shape index (κ1) is 15.7. The minimum Gasteiger partial charge on any atom is -0.316 e. The van der Waals surface area contributed by atoms with Crippen molar-refractivity contribution in [1.29, 1.82) is 0 Å². The highest BCUT2D eigenvalue weighted by atomic mass is 32.1. The third kappa shape index (κ3) is 3.59. The summed E-state index contributed by atoms with van der Waals surface area (Å²) < 4.78 is 0. The molecule has 19 heavy (non-hydrogen) atoms. The van der Waals surface area contributed by atoms with E-state index >= 15 is 0 Å². The first-order valence-corrected chi connectivity index (χ1v) is 7.06. The normalized spacial score (nSPS) is 11.5. The van der Waals surface area contributed by atoms with Gasteiger partial charge < -0.3 is 5.32 Å². The van der Waals surface area contributed by atoms with E-state index in [-0.39, 0.29) is 12.5 Å². The fraction of sp³-hybridized carbons (Fsp3) is 0.533. The van der Waals surface area contributed by atoms with Gasteiger partial charge in [0.1, 0.15) is 0 Å². The lowest BCUT2D eigenvalue weighted by molar-refractivity contribution is -0.117. The second-order valence-electron chi connectivity index (χ2n) is 5.34. The smallest absolute Gasteiger partial charge is 0.239 e. The van der Waals surface area contributed by atoms with Crippen LogP contribution in [0.1, 0.15) is 29.9 Å². The van der Waals surface area contributed by atoms with Crippen LogP contribution in [0.25, 0.3) is 0 Å². The summed E-state index contributed by atoms with van der Waals surface area (Å²) in [5.74, 6) is 2.65. The van der Waals surface area contributed by atoms with Gasteiger partial charge in [-0.2, -0.15) is 0 Å². The quantitative estimate of drug-likeness (QED) is 0.859. The Labute approximate surface area is 120 Å². The van der Waals surface area contributed by atoms with Gasteiger partial charge in [0.25, 0.3) is 0 Å². The maximum absolute atomic E-state index is 12.0. The molecule has 104 valence electrons. The Balaban J connectivity index is 2.72. The molecule has 0 unspecified atom stereocenters. The summed E-state index contributed by atoms with van der Waals surface area (Å²) in [7, 11) is 1.86. The van der Waals surface area contributed by atoms with Gasteiger partial charge in [-0.05, 0) is 52.8 Å². The number of likely N-dealkylation sites (N-methyl/N-ethyl adjacent to an activating group) is 1. The van der Waals surface area contributed by atoms with Crippen LogP contribution in [0.3, 0.4) is 0 Å². The van der Waals surface area contributed by atoms with Gasteiger partial charge in [-0.25, -0.2) is 0 Å². The zero-order chi connectivity index (χ0) is 14.8. The number of nitrogens with zero attached hydrogens (tertiary/aromatic N) is 1. The van der Waals surface area contributed by atoms with Crippen LogP contribution >= 0.6 is 11.3 Å². The number of nitrogens with one attached hydrogen (secondary N) is 1. The van der Waals surface area contributed by atoms with E-state index in [4.69, 9.17) is 6.42 Å². The highest BCUT2D eigenvalue weighted by Gasteiger charge is 2.23. The molecule has 0 spiro atoms. The topological polar surface area (TPSA) is 32.3 Å². The third-order valence-corrected chi connectivity index (χ3v) is 4.85. The number of thiophene rings is 1. The van der Waals surface area contributed by atoms with Crippen LogP contribution in [0.2, 0.25) is 0 Å². The molecular weight excluding hydrogens is 256 g/mol. The van der Waals surface area contributed by atoms with E-state index in [9.17, 15) is 4.79 Å². The van der Waals surface area contributed by atoms with Crippen LogP contribution in [0.15, 0.2) is 0 Å². The Hall–Kier alpha value is -1.31. The molecule has 1 aromatic heterocycles. The Morgan fingerprint density at radius 3 is 2.37 bits per heavy atom. The molecule has 3 nitrogen and oxygen atoms in total. The largest absolute Gasteiger partial charge is 0.316 e. The molecule has 0 fully saturated rings. The zero-order valence-corrected chi connectivity index (χ0v) is 13.4. The molecule has 0 aromatic carbocycles. The first-order chi connectivity index (χ1) is 8.69. The maximum Gasteiger partial charge on any atom is 0.239 e. The van der Waals surface area contributed by atoms with Crippen molar-refractivity contribution < 1.29 is 4.79 Å². The number of hydrogen-bond acceptors (Lipinski definition) is 3. The van der Waals surface area contributed by atoms with Crippen LogP contribution in [0, 0.1) is 33.1 Å². The van der Waals surface area contributed by atoms with Gasteiger partial charge in [0.15, 0.2) is 0 Å². The summed E-state index contributed by atoms with van der Waals surface area (Å²) in [6, 6.07) is 0. The lowest BCUT2D eigenvalue weighted by Gasteiger charge is -2.29. The van der Waals surface area contributed by atoms with E-state index in [1.807, 2.05) is 32.7 Å². The molecule has 0 aliphatic carbocycles. The highest BCUT2D eigenvalue weighted by Crippen LogP contribution is 2.31. The van der Waals surface area contributed by atoms with Gasteiger partial charge in [0, 0.05) is 4.88 Å². The van der Waals surface area contributed by atoms with E-state index in [0.29, 0.717) is 0 Å². The molecule has 1 N–H and O–H groups in total. The molecule has 1 rings (SSSR count). The van der Waals surface area contributed by atoms with E-state index in [1.165, 1.54) is 10.4 Å². The highest BCUT2D eigenvalue weighted by molar-refractivity contribution is 7.16. The van der Waals surface area contributed by atoms with Gasteiger partial charge in [-0.15, -0.1) is 17.8 Å². The molecule has 0 aliphatic heterocycles. The Kier molecular flexibility index (Phi) is 4.78. The lowest BCUT2D eigenvalue weighted by atomic mass is 10.1. The first-order valence-electron chi connectivity index (χ1n) is 6.24. The Morgan fingerprint density at radius 1 is 1.37 bits per heavy atom. The van der Waals surface area contributed by atoms with Crippen LogP contribution in [-0.4, -0.2) is 29.9 Å². The monoisotopic (exact) mass is 278 g/mol. The second kappa shape index (κ2) is 5.77. The summed E-state index contributed by atoms with van der Waals surface area (Å²) >= 11 is 1.62. The number of amides is 1. The summed E-state index contributed by atoms with van der Waals surface area (Å²) in [5.41, 5.74) is 1.97. The molecule has 1 heterocycles. The molecule has 4 heteroatoms. The number of anilines is 1. The van der Waals surface area contributed by atoms with Crippen LogP contribution in [-0.2, 0) is 4.79 Å². The number of terminal acetylenes is 1. The molecule has 0 radical (unpaired) electrons. The Morgan fingerprint density at radius 2 is 1.95 bits per heavy atom. The van der Waals surface area contributed by atoms with Gasteiger partial charge in [-0.1, -0.05) is 5.92 Å². The van der Waals surface area contributed by atoms with Crippen LogP contribution in [0.5, 0.6) is 0 Å². The van der Waals surface area contributed by atoms with Crippen molar-refractivity contribution in [2.24, 2.45) is 0 Å². The number of aryl methyl sites for hydroxylation is 1. The van der Waals surface area contributed by atoms with Gasteiger partial charge in [0.2, 0.25) is 5.91 Å². The summed E-state index contributed by atoms with van der Waals surface area (Å²) in [4.78, 5) is 15.2. The predicted molar refractivity (Wildman–Crippen MR) is 82.7 cm³/mol. The summed E-state index contributed by atoms with van der Waals surface area (Å²) in [6.45, 7) is 10.3. The third-order valence-electron chi connectivity index (χ3n) is 3.63. The fourth-order valence-corrected chi connectivity index (χ4v) is 2.63. The van der Waals surface area contributed by atoms with E-state index in [0.717, 1.165) is 10.6 Å². The van der Waals surface area contributed by atoms with E-state index < -0.39 is 5.54 Å². The minimum atomic E-state index is -0.423. The van der Waals surface area contributed by atoms with Crippen molar-refractivity contribution >= 4 is 22.2 Å². The number of carbonyl (C=O) groups is 1. The predicted octanol–water partition coefficient (Wildman–Crippen LogP) is 2.96. The molecular formula is C15H22N2OS. The molecule has 0 aliphatic rings. The van der Waals surface area contributed by atoms with E-state index in [2.05, 4.69) is 25.1 Å². The number of rotatable bonds is 4. The van der Waals surface area contributed by atoms with Gasteiger partial charge in [-0.3, -0.25) is 9.69 Å². The fourth-order valence-electron chi connectivity index (χ4n) is 1.55. The van der Waals surface area contributed by atoms with E-state index in [1.54, 1.807) is 11.3 Å². The molecule has 0 atom stereocenters. The van der Waals surface area contributed by atoms with Crippen LogP contribution in [0.4, 0.5) is 5.00 Å². The minimum absolute atomic E-state index is 0.0322. The molecule has 1 aromatic rings. The van der Waals surface area contributed by atoms with Crippen molar-refractivity contribution in [3.8, 4) is 12.3 Å². The molecule has 0 bridgehead atoms. The standard InChI is InChI=1S/C15H22N2OS/c1-8-15(5,6)17(7)9-13(18)16-14-11(3)10(2)12(4)19-14/h1H,9H2,2-7H3,(H,16,18). The zero-order valence-electron chi connectivity index (χ0n) is 12.5. The second-order valence-corrected chi connectivity index (χ2v) is 6.57. The van der Waals surface area contributed by atoms with Crippen molar-refractivity contribution in [2.45, 2.75) is 40.2 Å². The van der Waals surface area contributed by atoms with Crippen molar-refractivity contribution in [1.82, 2.24) is 4.90 Å². The average molecular weight is 278 g/mol. The van der Waals surface area contributed by atoms with Crippen molar-refractivity contribution in [2.75, 3.05) is 18.9 Å².